The summed E-state index contributed by atoms with van der Waals surface area (Å²) in [5.74, 6) is -1.79. The van der Waals surface area contributed by atoms with Crippen LogP contribution in [0.15, 0.2) is 0 Å². The zero-order valence-electron chi connectivity index (χ0n) is 10.3. The first-order chi connectivity index (χ1) is 8.48. The molecule has 104 valence electrons. The molecule has 0 aromatic rings. The summed E-state index contributed by atoms with van der Waals surface area (Å²) < 4.78 is 38.1. The van der Waals surface area contributed by atoms with Crippen LogP contribution in [0.1, 0.15) is 25.7 Å². The summed E-state index contributed by atoms with van der Waals surface area (Å²) in [6.07, 6.45) is -2.88. The van der Waals surface area contributed by atoms with Crippen LogP contribution in [0.25, 0.3) is 0 Å². The predicted octanol–water partition coefficient (Wildman–Crippen LogP) is 1.79. The van der Waals surface area contributed by atoms with Crippen molar-refractivity contribution in [3.8, 4) is 0 Å². The maximum absolute atomic E-state index is 12.7. The second-order valence-electron chi connectivity index (χ2n) is 5.18. The minimum Gasteiger partial charge on any atom is -0.340 e. The highest BCUT2D eigenvalue weighted by Crippen LogP contribution is 2.40. The van der Waals surface area contributed by atoms with Crippen LogP contribution in [0, 0.1) is 11.8 Å². The van der Waals surface area contributed by atoms with E-state index in [0.717, 1.165) is 13.1 Å². The number of carbonyl (C=O) groups is 1. The number of hydrogen-bond acceptors (Lipinski definition) is 2. The van der Waals surface area contributed by atoms with E-state index in [1.807, 2.05) is 0 Å². The summed E-state index contributed by atoms with van der Waals surface area (Å²) in [6, 6.07) is 0. The number of hydrogen-bond donors (Lipinski definition) is 1. The fourth-order valence-corrected chi connectivity index (χ4v) is 2.85. The molecule has 1 N–H and O–H groups in total. The van der Waals surface area contributed by atoms with Gasteiger partial charge in [0.15, 0.2) is 0 Å². The topological polar surface area (TPSA) is 32.3 Å². The number of amides is 1. The van der Waals surface area contributed by atoms with Crippen molar-refractivity contribution < 1.29 is 18.0 Å². The second-order valence-corrected chi connectivity index (χ2v) is 5.18. The van der Waals surface area contributed by atoms with Crippen LogP contribution in [-0.2, 0) is 4.79 Å². The SMILES string of the molecule is O=C(C1CCCC(C(F)(F)F)C1)N1CCNCC1. The molecule has 1 saturated heterocycles. The lowest BCUT2D eigenvalue weighted by Gasteiger charge is -2.35. The first-order valence-corrected chi connectivity index (χ1v) is 6.54. The summed E-state index contributed by atoms with van der Waals surface area (Å²) in [7, 11) is 0. The average molecular weight is 264 g/mol. The van der Waals surface area contributed by atoms with Crippen molar-refractivity contribution >= 4 is 5.91 Å². The smallest absolute Gasteiger partial charge is 0.340 e. The summed E-state index contributed by atoms with van der Waals surface area (Å²) >= 11 is 0. The average Bonchev–Trinajstić information content (AvgIpc) is 2.38. The fraction of sp³-hybridized carbons (Fsp3) is 0.917. The Morgan fingerprint density at radius 1 is 1.17 bits per heavy atom. The van der Waals surface area contributed by atoms with Gasteiger partial charge in [0, 0.05) is 32.1 Å². The van der Waals surface area contributed by atoms with Crippen LogP contribution in [-0.4, -0.2) is 43.2 Å². The molecule has 1 aliphatic carbocycles. The predicted molar refractivity (Wildman–Crippen MR) is 61.0 cm³/mol. The maximum atomic E-state index is 12.7. The molecule has 2 unspecified atom stereocenters. The van der Waals surface area contributed by atoms with E-state index in [-0.39, 0.29) is 18.7 Å². The van der Waals surface area contributed by atoms with E-state index in [9.17, 15) is 18.0 Å². The summed E-state index contributed by atoms with van der Waals surface area (Å²) in [4.78, 5) is 13.9. The normalized spacial score (nSPS) is 30.3. The van der Waals surface area contributed by atoms with Crippen molar-refractivity contribution in [3.63, 3.8) is 0 Å². The minimum absolute atomic E-state index is 0.0216. The first kappa shape index (κ1) is 13.6. The van der Waals surface area contributed by atoms with Gasteiger partial charge in [-0.05, 0) is 19.3 Å². The van der Waals surface area contributed by atoms with E-state index in [1.165, 1.54) is 0 Å². The Bertz CT molecular complexity index is 300. The highest BCUT2D eigenvalue weighted by atomic mass is 19.4. The molecule has 1 aliphatic heterocycles. The largest absolute Gasteiger partial charge is 0.391 e. The van der Waals surface area contributed by atoms with Crippen LogP contribution >= 0.6 is 0 Å². The number of nitrogens with zero attached hydrogens (tertiary/aromatic N) is 1. The Kier molecular flexibility index (Phi) is 4.14. The maximum Gasteiger partial charge on any atom is 0.391 e. The molecule has 2 atom stereocenters. The molecule has 18 heavy (non-hydrogen) atoms. The monoisotopic (exact) mass is 264 g/mol. The van der Waals surface area contributed by atoms with Gasteiger partial charge in [0.2, 0.25) is 5.91 Å². The lowest BCUT2D eigenvalue weighted by Crippen LogP contribution is -2.49. The highest BCUT2D eigenvalue weighted by Gasteiger charge is 2.44. The number of alkyl halides is 3. The van der Waals surface area contributed by atoms with E-state index >= 15 is 0 Å². The van der Waals surface area contributed by atoms with Crippen LogP contribution in [0.2, 0.25) is 0 Å². The number of nitrogens with one attached hydrogen (secondary N) is 1. The van der Waals surface area contributed by atoms with E-state index in [4.69, 9.17) is 0 Å². The molecule has 0 radical (unpaired) electrons. The van der Waals surface area contributed by atoms with Gasteiger partial charge in [-0.15, -0.1) is 0 Å². The molecule has 1 heterocycles. The van der Waals surface area contributed by atoms with E-state index in [2.05, 4.69) is 5.32 Å². The Labute approximate surface area is 105 Å². The molecule has 0 aromatic carbocycles. The van der Waals surface area contributed by atoms with Crippen molar-refractivity contribution in [1.82, 2.24) is 10.2 Å². The van der Waals surface area contributed by atoms with Gasteiger partial charge in [0.1, 0.15) is 0 Å². The van der Waals surface area contributed by atoms with Crippen molar-refractivity contribution in [2.75, 3.05) is 26.2 Å². The Hall–Kier alpha value is -0.780. The van der Waals surface area contributed by atoms with Crippen molar-refractivity contribution in [3.05, 3.63) is 0 Å². The lowest BCUT2D eigenvalue weighted by molar-refractivity contribution is -0.187. The van der Waals surface area contributed by atoms with Crippen LogP contribution in [0.5, 0.6) is 0 Å². The third-order valence-corrected chi connectivity index (χ3v) is 3.92. The molecule has 1 amide bonds. The highest BCUT2D eigenvalue weighted by molar-refractivity contribution is 5.79. The van der Waals surface area contributed by atoms with Crippen LogP contribution in [0.3, 0.4) is 0 Å². The summed E-state index contributed by atoms with van der Waals surface area (Å²) in [6.45, 7) is 2.71. The lowest BCUT2D eigenvalue weighted by atomic mass is 9.80. The van der Waals surface area contributed by atoms with Gasteiger partial charge in [0.25, 0.3) is 0 Å². The third-order valence-electron chi connectivity index (χ3n) is 3.92. The first-order valence-electron chi connectivity index (χ1n) is 6.54. The molecule has 6 heteroatoms. The standard InChI is InChI=1S/C12H19F3N2O/c13-12(14,15)10-3-1-2-9(8-10)11(18)17-6-4-16-5-7-17/h9-10,16H,1-8H2. The Balaban J connectivity index is 1.93. The Morgan fingerprint density at radius 3 is 2.44 bits per heavy atom. The molecule has 3 nitrogen and oxygen atoms in total. The Morgan fingerprint density at radius 2 is 1.83 bits per heavy atom. The van der Waals surface area contributed by atoms with Crippen LogP contribution in [0.4, 0.5) is 13.2 Å². The minimum atomic E-state index is -4.15. The molecule has 0 aromatic heterocycles. The number of halogens is 3. The van der Waals surface area contributed by atoms with Gasteiger partial charge in [-0.25, -0.2) is 0 Å². The van der Waals surface area contributed by atoms with Gasteiger partial charge in [-0.1, -0.05) is 6.42 Å². The molecule has 2 rings (SSSR count). The third kappa shape index (κ3) is 3.16. The van der Waals surface area contributed by atoms with Crippen molar-refractivity contribution in [2.24, 2.45) is 11.8 Å². The van der Waals surface area contributed by atoms with E-state index < -0.39 is 18.0 Å². The van der Waals surface area contributed by atoms with Crippen molar-refractivity contribution in [2.45, 2.75) is 31.9 Å². The van der Waals surface area contributed by atoms with Crippen LogP contribution < -0.4 is 5.32 Å². The number of piperazine rings is 1. The second kappa shape index (κ2) is 5.47. The quantitative estimate of drug-likeness (QED) is 0.783. The van der Waals surface area contributed by atoms with Gasteiger partial charge < -0.3 is 10.2 Å². The zero-order chi connectivity index (χ0) is 13.2. The van der Waals surface area contributed by atoms with Gasteiger partial charge in [0.05, 0.1) is 5.92 Å². The van der Waals surface area contributed by atoms with Crippen molar-refractivity contribution in [1.29, 1.82) is 0 Å². The zero-order valence-corrected chi connectivity index (χ0v) is 10.3. The molecule has 0 bridgehead atoms. The number of carbonyl (C=O) groups excluding carboxylic acids is 1. The number of rotatable bonds is 1. The summed E-state index contributed by atoms with van der Waals surface area (Å²) in [5, 5.41) is 3.13. The molecular weight excluding hydrogens is 245 g/mol. The molecule has 2 fully saturated rings. The van der Waals surface area contributed by atoms with E-state index in [0.29, 0.717) is 25.9 Å². The van der Waals surface area contributed by atoms with E-state index in [1.54, 1.807) is 4.90 Å². The molecular formula is C12H19F3N2O. The fourth-order valence-electron chi connectivity index (χ4n) is 2.85. The van der Waals surface area contributed by atoms with Gasteiger partial charge in [-0.3, -0.25) is 4.79 Å². The van der Waals surface area contributed by atoms with Gasteiger partial charge >= 0.3 is 6.18 Å². The summed E-state index contributed by atoms with van der Waals surface area (Å²) in [5.41, 5.74) is 0. The van der Waals surface area contributed by atoms with Gasteiger partial charge in [-0.2, -0.15) is 13.2 Å². The molecule has 1 saturated carbocycles. The molecule has 2 aliphatic rings. The molecule has 0 spiro atoms.